The van der Waals surface area contributed by atoms with E-state index in [0.29, 0.717) is 78.1 Å². The molecule has 4 atom stereocenters. The van der Waals surface area contributed by atoms with Gasteiger partial charge in [-0.05, 0) is 108 Å². The molecule has 0 aromatic heterocycles. The number of carbonyl (C=O) groups is 5. The molecule has 3 fully saturated rings. The molecule has 1 aliphatic carbocycles. The van der Waals surface area contributed by atoms with Crippen LogP contribution in [0, 0.1) is 18.3 Å². The molecule has 0 bridgehead atoms. The second kappa shape index (κ2) is 22.7. The summed E-state index contributed by atoms with van der Waals surface area (Å²) in [7, 11) is -4.51. The molecule has 2 aromatic carbocycles. The molecule has 2 heterocycles. The summed E-state index contributed by atoms with van der Waals surface area (Å²) in [6.45, 7) is 35.6. The third kappa shape index (κ3) is 13.1. The van der Waals surface area contributed by atoms with Gasteiger partial charge in [0.2, 0.25) is 5.91 Å². The van der Waals surface area contributed by atoms with Crippen LogP contribution in [0.1, 0.15) is 142 Å². The molecule has 15 heteroatoms. The van der Waals surface area contributed by atoms with E-state index >= 15 is 0 Å². The van der Waals surface area contributed by atoms with Crippen molar-refractivity contribution in [3.8, 4) is 5.75 Å². The number of anilines is 1. The Hall–Kier alpha value is -4.48. The van der Waals surface area contributed by atoms with Gasteiger partial charge in [0.15, 0.2) is 14.1 Å². The maximum Gasteiger partial charge on any atom is 0.411 e. The minimum absolute atomic E-state index is 0.0335. The number of rotatable bonds is 21. The molecular formula is C54H84N4O9Si2. The van der Waals surface area contributed by atoms with Crippen LogP contribution in [0.3, 0.4) is 0 Å². The van der Waals surface area contributed by atoms with Gasteiger partial charge in [-0.25, -0.2) is 9.59 Å². The van der Waals surface area contributed by atoms with E-state index in [1.807, 2.05) is 62.1 Å². The van der Waals surface area contributed by atoms with Crippen LogP contribution in [-0.2, 0) is 36.5 Å². The molecule has 1 saturated carbocycles. The number of hydrogen-bond acceptors (Lipinski definition) is 9. The number of aryl methyl sites for hydroxylation is 1. The highest BCUT2D eigenvalue weighted by atomic mass is 28.4. The van der Waals surface area contributed by atoms with Gasteiger partial charge in [0.25, 0.3) is 14.2 Å². The fourth-order valence-corrected chi connectivity index (χ4v) is 16.6. The minimum atomic E-state index is -2.42. The van der Waals surface area contributed by atoms with Crippen LogP contribution in [0.5, 0.6) is 5.75 Å². The molecule has 2 N–H and O–H groups in total. The predicted octanol–water partition coefficient (Wildman–Crippen LogP) is 11.7. The van der Waals surface area contributed by atoms with Gasteiger partial charge in [0.1, 0.15) is 25.0 Å². The first-order valence-electron chi connectivity index (χ1n) is 25.5. The maximum atomic E-state index is 14.9. The van der Waals surface area contributed by atoms with Gasteiger partial charge < -0.3 is 28.5 Å². The van der Waals surface area contributed by atoms with E-state index in [-0.39, 0.29) is 59.6 Å². The number of amides is 4. The van der Waals surface area contributed by atoms with Crippen LogP contribution in [0.15, 0.2) is 49.1 Å². The Morgan fingerprint density at radius 3 is 2.10 bits per heavy atom. The lowest BCUT2D eigenvalue weighted by atomic mass is 9.91. The highest BCUT2D eigenvalue weighted by Gasteiger charge is 2.54. The number of ketones is 1. The quantitative estimate of drug-likeness (QED) is 0.0919. The first-order chi connectivity index (χ1) is 32.3. The number of carbonyl (C=O) groups excluding carboxylic acids is 5. The van der Waals surface area contributed by atoms with E-state index in [0.717, 1.165) is 30.4 Å². The molecule has 4 amide bonds. The number of ether oxygens (including phenoxy) is 2. The van der Waals surface area contributed by atoms with Gasteiger partial charge in [0, 0.05) is 25.6 Å². The standard InChI is InChI=1S/C54H84N4O9Si2/c1-16-27-64-52(63)57-26-18-19-45(57)49(60)56-48(38(9)17-2)46(59)29-40-20-22-41(23-21-40)32-65-51(62)55-44-30-47(67-69(35(3)4,36(5)6)37(7)8)39(10)28-43(44)50(61)58-34-54(24-25-54)31-42(58)33-66-68(14,15)53(11,12)13/h16,20-23,28,30,35-38,42,45,48H,1,17-19,24-27,29,31-34H2,2-15H3,(H,55,62)(H,56,60)/t38-,42-,45+,48-/m0/s1. The third-order valence-electron chi connectivity index (χ3n) is 15.8. The number of Topliss-reactive ketones (excluding diaryl/α,β-unsaturated/α-hetero) is 1. The Morgan fingerprint density at radius 2 is 1.54 bits per heavy atom. The van der Waals surface area contributed by atoms with Gasteiger partial charge in [0.05, 0.1) is 29.9 Å². The highest BCUT2D eigenvalue weighted by Crippen LogP contribution is 2.55. The number of hydrogen-bond donors (Lipinski definition) is 2. The number of likely N-dealkylation sites (tertiary alicyclic amines) is 2. The van der Waals surface area contributed by atoms with Gasteiger partial charge in [-0.2, -0.15) is 0 Å². The van der Waals surface area contributed by atoms with E-state index in [1.165, 1.54) is 11.0 Å². The SMILES string of the molecule is C=CCOC(=O)N1CCC[C@@H]1C(=O)N[C@H](C(=O)Cc1ccc(COC(=O)Nc2cc(O[Si](C(C)C)(C(C)C)C(C)C)c(C)cc2C(=O)N2CC3(CC3)C[C@H]2CO[Si](C)(C)C(C)(C)C)cc1)[C@@H](C)CC. The van der Waals surface area contributed by atoms with Crippen molar-refractivity contribution in [2.24, 2.45) is 11.3 Å². The molecule has 2 saturated heterocycles. The van der Waals surface area contributed by atoms with Crippen LogP contribution in [0.4, 0.5) is 15.3 Å². The first kappa shape index (κ1) is 55.5. The molecule has 382 valence electrons. The molecule has 0 radical (unpaired) electrons. The summed E-state index contributed by atoms with van der Waals surface area (Å²) in [5.41, 5.74) is 4.07. The lowest BCUT2D eigenvalue weighted by Gasteiger charge is -2.42. The van der Waals surface area contributed by atoms with Crippen molar-refractivity contribution < 1.29 is 42.3 Å². The van der Waals surface area contributed by atoms with Gasteiger partial charge >= 0.3 is 12.2 Å². The Labute approximate surface area is 415 Å². The Morgan fingerprint density at radius 1 is 0.913 bits per heavy atom. The predicted molar refractivity (Wildman–Crippen MR) is 279 cm³/mol. The molecule has 69 heavy (non-hydrogen) atoms. The van der Waals surface area contributed by atoms with E-state index in [9.17, 15) is 24.0 Å². The molecular weight excluding hydrogens is 905 g/mol. The number of nitrogens with one attached hydrogen (secondary N) is 2. The molecule has 1 spiro atoms. The smallest absolute Gasteiger partial charge is 0.411 e. The summed E-state index contributed by atoms with van der Waals surface area (Å²) in [6, 6.07) is 9.43. The molecule has 5 rings (SSSR count). The Kier molecular flexibility index (Phi) is 18.3. The van der Waals surface area contributed by atoms with Crippen LogP contribution in [0.2, 0.25) is 34.8 Å². The lowest BCUT2D eigenvalue weighted by Crippen LogP contribution is -2.53. The van der Waals surface area contributed by atoms with Gasteiger partial charge in [-0.1, -0.05) is 120 Å². The van der Waals surface area contributed by atoms with Crippen LogP contribution in [-0.4, -0.2) is 101 Å². The molecule has 0 unspecified atom stereocenters. The van der Waals surface area contributed by atoms with E-state index in [1.54, 1.807) is 0 Å². The van der Waals surface area contributed by atoms with Crippen molar-refractivity contribution in [3.63, 3.8) is 0 Å². The zero-order valence-electron chi connectivity index (χ0n) is 44.3. The van der Waals surface area contributed by atoms with Crippen LogP contribution >= 0.6 is 0 Å². The molecule has 2 aromatic rings. The van der Waals surface area contributed by atoms with Crippen molar-refractivity contribution in [1.29, 1.82) is 0 Å². The second-order valence-electron chi connectivity index (χ2n) is 22.7. The van der Waals surface area contributed by atoms with E-state index in [2.05, 4.69) is 92.6 Å². The van der Waals surface area contributed by atoms with Crippen molar-refractivity contribution in [2.75, 3.05) is 31.6 Å². The van der Waals surface area contributed by atoms with Crippen molar-refractivity contribution in [1.82, 2.24) is 15.1 Å². The third-order valence-corrected chi connectivity index (χ3v) is 26.3. The zero-order chi connectivity index (χ0) is 51.2. The summed E-state index contributed by atoms with van der Waals surface area (Å²) in [6.07, 6.45) is 5.18. The van der Waals surface area contributed by atoms with Crippen LogP contribution < -0.4 is 15.1 Å². The van der Waals surface area contributed by atoms with E-state index < -0.39 is 40.9 Å². The maximum absolute atomic E-state index is 14.9. The fraction of sp³-hybridized carbons (Fsp3) is 0.648. The average Bonchev–Trinajstić information content (AvgIpc) is 3.67. The Bertz CT molecular complexity index is 2140. The normalized spacial score (nSPS) is 18.9. The number of benzene rings is 2. The van der Waals surface area contributed by atoms with Crippen molar-refractivity contribution in [2.45, 2.75) is 188 Å². The Balaban J connectivity index is 1.32. The summed E-state index contributed by atoms with van der Waals surface area (Å²) in [5.74, 6) is -0.129. The summed E-state index contributed by atoms with van der Waals surface area (Å²) >= 11 is 0. The molecule has 13 nitrogen and oxygen atoms in total. The van der Waals surface area contributed by atoms with Crippen molar-refractivity contribution >= 4 is 52.1 Å². The highest BCUT2D eigenvalue weighted by molar-refractivity contribution is 6.78. The summed E-state index contributed by atoms with van der Waals surface area (Å²) < 4.78 is 24.9. The largest absolute Gasteiger partial charge is 0.542 e. The number of nitrogens with zero attached hydrogens (tertiary/aromatic N) is 2. The lowest BCUT2D eigenvalue weighted by molar-refractivity contribution is -0.131. The monoisotopic (exact) mass is 989 g/mol. The minimum Gasteiger partial charge on any atom is -0.542 e. The average molecular weight is 989 g/mol. The summed E-state index contributed by atoms with van der Waals surface area (Å²) in [5, 5.41) is 5.96. The second-order valence-corrected chi connectivity index (χ2v) is 32.9. The molecule has 2 aliphatic heterocycles. The molecule has 3 aliphatic rings. The zero-order valence-corrected chi connectivity index (χ0v) is 46.3. The van der Waals surface area contributed by atoms with Gasteiger partial charge in [-0.3, -0.25) is 24.6 Å². The van der Waals surface area contributed by atoms with E-state index in [4.69, 9.17) is 18.3 Å². The first-order valence-corrected chi connectivity index (χ1v) is 30.5. The topological polar surface area (TPSA) is 153 Å². The van der Waals surface area contributed by atoms with Crippen LogP contribution in [0.25, 0.3) is 0 Å². The summed E-state index contributed by atoms with van der Waals surface area (Å²) in [4.78, 5) is 72.1. The van der Waals surface area contributed by atoms with Crippen molar-refractivity contribution in [3.05, 3.63) is 71.3 Å². The van der Waals surface area contributed by atoms with Gasteiger partial charge in [-0.15, -0.1) is 0 Å². The fourth-order valence-electron chi connectivity index (χ4n) is 10.2.